The van der Waals surface area contributed by atoms with Gasteiger partial charge in [-0.25, -0.2) is 9.78 Å². The number of aliphatic hydroxyl groups excluding tert-OH is 1. The first-order chi connectivity index (χ1) is 11.1. The Labute approximate surface area is 133 Å². The van der Waals surface area contributed by atoms with Crippen molar-refractivity contribution in [2.45, 2.75) is 6.10 Å². The SMILES string of the molecule is Nc1ccc([C@@H](O)CNCCOc2ccc(C(=O)O)cc2)cn1. The lowest BCUT2D eigenvalue weighted by atomic mass is 10.1. The summed E-state index contributed by atoms with van der Waals surface area (Å²) in [7, 11) is 0. The molecule has 0 aliphatic heterocycles. The summed E-state index contributed by atoms with van der Waals surface area (Å²) in [6, 6.07) is 9.57. The van der Waals surface area contributed by atoms with Gasteiger partial charge in [0.05, 0.1) is 11.7 Å². The minimum absolute atomic E-state index is 0.218. The Morgan fingerprint density at radius 1 is 1.26 bits per heavy atom. The Morgan fingerprint density at radius 2 is 2.00 bits per heavy atom. The third-order valence-electron chi connectivity index (χ3n) is 3.18. The smallest absolute Gasteiger partial charge is 0.335 e. The summed E-state index contributed by atoms with van der Waals surface area (Å²) in [6.07, 6.45) is 0.875. The Kier molecular flexibility index (Phi) is 5.90. The fourth-order valence-corrected chi connectivity index (χ4v) is 1.91. The number of pyridine rings is 1. The Morgan fingerprint density at radius 3 is 2.61 bits per heavy atom. The molecule has 2 rings (SSSR count). The zero-order chi connectivity index (χ0) is 16.7. The molecule has 7 heteroatoms. The summed E-state index contributed by atoms with van der Waals surface area (Å²) in [4.78, 5) is 14.7. The molecule has 122 valence electrons. The molecule has 1 heterocycles. The van der Waals surface area contributed by atoms with Gasteiger partial charge in [0, 0.05) is 24.8 Å². The predicted molar refractivity (Wildman–Crippen MR) is 85.4 cm³/mol. The van der Waals surface area contributed by atoms with Crippen LogP contribution >= 0.6 is 0 Å². The molecule has 7 nitrogen and oxygen atoms in total. The molecule has 0 amide bonds. The number of nitrogen functional groups attached to an aromatic ring is 1. The van der Waals surface area contributed by atoms with E-state index in [4.69, 9.17) is 15.6 Å². The van der Waals surface area contributed by atoms with E-state index in [1.54, 1.807) is 30.5 Å². The third-order valence-corrected chi connectivity index (χ3v) is 3.18. The Bertz CT molecular complexity index is 629. The van der Waals surface area contributed by atoms with Crippen LogP contribution in [0.1, 0.15) is 22.0 Å². The van der Waals surface area contributed by atoms with Gasteiger partial charge < -0.3 is 26.0 Å². The zero-order valence-electron chi connectivity index (χ0n) is 12.5. The van der Waals surface area contributed by atoms with E-state index in [-0.39, 0.29) is 5.56 Å². The highest BCUT2D eigenvalue weighted by molar-refractivity contribution is 5.87. The topological polar surface area (TPSA) is 118 Å². The Balaban J connectivity index is 1.67. The van der Waals surface area contributed by atoms with E-state index in [1.807, 2.05) is 0 Å². The average molecular weight is 317 g/mol. The molecule has 1 aromatic heterocycles. The number of carbonyl (C=O) groups is 1. The molecule has 1 aromatic carbocycles. The number of benzene rings is 1. The molecule has 0 bridgehead atoms. The highest BCUT2D eigenvalue weighted by atomic mass is 16.5. The fourth-order valence-electron chi connectivity index (χ4n) is 1.91. The number of anilines is 1. The lowest BCUT2D eigenvalue weighted by molar-refractivity contribution is 0.0697. The van der Waals surface area contributed by atoms with Crippen molar-refractivity contribution in [3.63, 3.8) is 0 Å². The van der Waals surface area contributed by atoms with Crippen LogP contribution in [-0.2, 0) is 0 Å². The van der Waals surface area contributed by atoms with Crippen LogP contribution in [0, 0.1) is 0 Å². The van der Waals surface area contributed by atoms with Gasteiger partial charge >= 0.3 is 5.97 Å². The van der Waals surface area contributed by atoms with E-state index in [0.29, 0.717) is 36.8 Å². The first-order valence-electron chi connectivity index (χ1n) is 7.12. The molecule has 0 radical (unpaired) electrons. The summed E-state index contributed by atoms with van der Waals surface area (Å²) in [5, 5.41) is 21.8. The van der Waals surface area contributed by atoms with Crippen LogP contribution in [0.2, 0.25) is 0 Å². The average Bonchev–Trinajstić information content (AvgIpc) is 2.55. The minimum atomic E-state index is -0.968. The number of hydrogen-bond donors (Lipinski definition) is 4. The van der Waals surface area contributed by atoms with Crippen LogP contribution in [-0.4, -0.2) is 40.9 Å². The minimum Gasteiger partial charge on any atom is -0.492 e. The predicted octanol–water partition coefficient (Wildman–Crippen LogP) is 1.06. The molecular weight excluding hydrogens is 298 g/mol. The first kappa shape index (κ1) is 16.7. The number of nitrogens with two attached hydrogens (primary N) is 1. The molecule has 0 fully saturated rings. The maximum atomic E-state index is 10.7. The fraction of sp³-hybridized carbons (Fsp3) is 0.250. The second kappa shape index (κ2) is 8.11. The van der Waals surface area contributed by atoms with Crippen LogP contribution in [0.5, 0.6) is 5.75 Å². The van der Waals surface area contributed by atoms with Crippen LogP contribution < -0.4 is 15.8 Å². The molecular formula is C16H19N3O4. The summed E-state index contributed by atoms with van der Waals surface area (Å²) < 4.78 is 5.48. The highest BCUT2D eigenvalue weighted by Crippen LogP contribution is 2.12. The van der Waals surface area contributed by atoms with Crippen LogP contribution in [0.3, 0.4) is 0 Å². The van der Waals surface area contributed by atoms with Gasteiger partial charge in [-0.05, 0) is 30.3 Å². The molecule has 2 aromatic rings. The maximum absolute atomic E-state index is 10.7. The molecule has 23 heavy (non-hydrogen) atoms. The van der Waals surface area contributed by atoms with Crippen molar-refractivity contribution in [3.8, 4) is 5.75 Å². The maximum Gasteiger partial charge on any atom is 0.335 e. The second-order valence-corrected chi connectivity index (χ2v) is 4.91. The van der Waals surface area contributed by atoms with Gasteiger partial charge in [0.25, 0.3) is 0 Å². The number of aromatic carboxylic acids is 1. The second-order valence-electron chi connectivity index (χ2n) is 4.91. The molecule has 0 unspecified atom stereocenters. The molecule has 0 saturated carbocycles. The number of rotatable bonds is 8. The van der Waals surface area contributed by atoms with E-state index in [2.05, 4.69) is 10.3 Å². The quantitative estimate of drug-likeness (QED) is 0.538. The van der Waals surface area contributed by atoms with Gasteiger partial charge in [0.15, 0.2) is 0 Å². The molecule has 0 saturated heterocycles. The largest absolute Gasteiger partial charge is 0.492 e. The molecule has 1 atom stereocenters. The number of hydrogen-bond acceptors (Lipinski definition) is 6. The number of nitrogens with zero attached hydrogens (tertiary/aromatic N) is 1. The van der Waals surface area contributed by atoms with Crippen LogP contribution in [0.25, 0.3) is 0 Å². The van der Waals surface area contributed by atoms with E-state index in [9.17, 15) is 9.90 Å². The van der Waals surface area contributed by atoms with Gasteiger partial charge in [-0.3, -0.25) is 0 Å². The van der Waals surface area contributed by atoms with Gasteiger partial charge in [-0.1, -0.05) is 6.07 Å². The van der Waals surface area contributed by atoms with Crippen molar-refractivity contribution in [1.82, 2.24) is 10.3 Å². The normalized spacial score (nSPS) is 11.9. The van der Waals surface area contributed by atoms with Crippen molar-refractivity contribution in [1.29, 1.82) is 0 Å². The number of carboxylic acid groups (broad SMARTS) is 1. The Hall–Kier alpha value is -2.64. The van der Waals surface area contributed by atoms with Crippen molar-refractivity contribution in [2.75, 3.05) is 25.4 Å². The summed E-state index contributed by atoms with van der Waals surface area (Å²) in [5.74, 6) is 0.0423. The first-order valence-corrected chi connectivity index (χ1v) is 7.12. The summed E-state index contributed by atoms with van der Waals surface area (Å²) in [5.41, 5.74) is 6.40. The van der Waals surface area contributed by atoms with E-state index < -0.39 is 12.1 Å². The lowest BCUT2D eigenvalue weighted by Gasteiger charge is -2.12. The number of nitrogens with one attached hydrogen (secondary N) is 1. The van der Waals surface area contributed by atoms with Crippen molar-refractivity contribution in [3.05, 3.63) is 53.7 Å². The van der Waals surface area contributed by atoms with Gasteiger partial charge in [0.2, 0.25) is 0 Å². The van der Waals surface area contributed by atoms with E-state index in [1.165, 1.54) is 12.1 Å². The zero-order valence-corrected chi connectivity index (χ0v) is 12.5. The van der Waals surface area contributed by atoms with Gasteiger partial charge in [0.1, 0.15) is 18.2 Å². The lowest BCUT2D eigenvalue weighted by Crippen LogP contribution is -2.26. The number of aromatic nitrogens is 1. The molecule has 0 aliphatic carbocycles. The van der Waals surface area contributed by atoms with Crippen molar-refractivity contribution in [2.24, 2.45) is 0 Å². The molecule has 0 aliphatic rings. The van der Waals surface area contributed by atoms with Crippen LogP contribution in [0.15, 0.2) is 42.6 Å². The third kappa shape index (κ3) is 5.24. The standard InChI is InChI=1S/C16H19N3O4/c17-15-6-3-12(9-19-15)14(20)10-18-7-8-23-13-4-1-11(2-5-13)16(21)22/h1-6,9,14,18,20H,7-8,10H2,(H2,17,19)(H,21,22)/t14-/m0/s1. The molecule has 5 N–H and O–H groups in total. The monoisotopic (exact) mass is 317 g/mol. The van der Waals surface area contributed by atoms with Crippen molar-refractivity contribution < 1.29 is 19.7 Å². The van der Waals surface area contributed by atoms with Gasteiger partial charge in [-0.2, -0.15) is 0 Å². The van der Waals surface area contributed by atoms with E-state index >= 15 is 0 Å². The van der Waals surface area contributed by atoms with Crippen LogP contribution in [0.4, 0.5) is 5.82 Å². The van der Waals surface area contributed by atoms with Gasteiger partial charge in [-0.15, -0.1) is 0 Å². The highest BCUT2D eigenvalue weighted by Gasteiger charge is 2.07. The number of carboxylic acids is 1. The number of ether oxygens (including phenoxy) is 1. The van der Waals surface area contributed by atoms with E-state index in [0.717, 1.165) is 0 Å². The summed E-state index contributed by atoms with van der Waals surface area (Å²) in [6.45, 7) is 1.31. The molecule has 0 spiro atoms. The van der Waals surface area contributed by atoms with Crippen molar-refractivity contribution >= 4 is 11.8 Å². The summed E-state index contributed by atoms with van der Waals surface area (Å²) >= 11 is 0. The number of aliphatic hydroxyl groups is 1.